The molecule has 1 saturated heterocycles. The Bertz CT molecular complexity index is 564. The smallest absolute Gasteiger partial charge is 0.308 e. The van der Waals surface area contributed by atoms with E-state index in [4.69, 9.17) is 33.0 Å². The number of nitrogens with zero attached hydrogens (tertiary/aromatic N) is 1. The van der Waals surface area contributed by atoms with Crippen molar-refractivity contribution in [3.05, 3.63) is 28.2 Å². The van der Waals surface area contributed by atoms with Gasteiger partial charge in [-0.3, -0.25) is 9.59 Å². The molecule has 21 heavy (non-hydrogen) atoms. The molecule has 0 spiro atoms. The highest BCUT2D eigenvalue weighted by Crippen LogP contribution is 2.28. The standard InChI is InChI=1S/C14H15Cl2NO4/c1-8-5-17(6-10(8)14(19)20)13(18)7-21-12-3-2-9(15)4-11(12)16/h2-4,8,10H,5-7H2,1H3,(H,19,20)/t8-,10-/m1/s1. The number of carboxylic acid groups (broad SMARTS) is 1. The summed E-state index contributed by atoms with van der Waals surface area (Å²) in [5.41, 5.74) is 0. The highest BCUT2D eigenvalue weighted by atomic mass is 35.5. The van der Waals surface area contributed by atoms with Crippen LogP contribution in [0.5, 0.6) is 5.75 Å². The number of carboxylic acids is 1. The molecule has 1 heterocycles. The maximum atomic E-state index is 12.0. The van der Waals surface area contributed by atoms with Crippen LogP contribution in [0.4, 0.5) is 0 Å². The first kappa shape index (κ1) is 15.9. The maximum Gasteiger partial charge on any atom is 0.308 e. The van der Waals surface area contributed by atoms with Crippen molar-refractivity contribution in [2.75, 3.05) is 19.7 Å². The van der Waals surface area contributed by atoms with Gasteiger partial charge in [0.2, 0.25) is 0 Å². The summed E-state index contributed by atoms with van der Waals surface area (Å²) in [5, 5.41) is 9.86. The van der Waals surface area contributed by atoms with Crippen LogP contribution in [0.3, 0.4) is 0 Å². The number of ether oxygens (including phenoxy) is 1. The van der Waals surface area contributed by atoms with Crippen LogP contribution in [-0.4, -0.2) is 41.6 Å². The Balaban J connectivity index is 1.92. The van der Waals surface area contributed by atoms with E-state index in [-0.39, 0.29) is 25.0 Å². The van der Waals surface area contributed by atoms with Gasteiger partial charge in [0.25, 0.3) is 5.91 Å². The fraction of sp³-hybridized carbons (Fsp3) is 0.429. The van der Waals surface area contributed by atoms with Crippen LogP contribution >= 0.6 is 23.2 Å². The molecule has 114 valence electrons. The maximum absolute atomic E-state index is 12.0. The molecule has 7 heteroatoms. The predicted molar refractivity (Wildman–Crippen MR) is 78.8 cm³/mol. The summed E-state index contributed by atoms with van der Waals surface area (Å²) in [6.07, 6.45) is 0. The van der Waals surface area contributed by atoms with Crippen molar-refractivity contribution in [1.82, 2.24) is 4.90 Å². The lowest BCUT2D eigenvalue weighted by Gasteiger charge is -2.16. The zero-order valence-corrected chi connectivity index (χ0v) is 12.9. The topological polar surface area (TPSA) is 66.8 Å². The summed E-state index contributed by atoms with van der Waals surface area (Å²) in [4.78, 5) is 24.6. The van der Waals surface area contributed by atoms with Crippen LogP contribution in [0.1, 0.15) is 6.92 Å². The first-order valence-electron chi connectivity index (χ1n) is 6.47. The van der Waals surface area contributed by atoms with E-state index in [9.17, 15) is 9.59 Å². The Kier molecular flexibility index (Phi) is 4.96. The normalized spacial score (nSPS) is 21.4. The van der Waals surface area contributed by atoms with Gasteiger partial charge in [0.05, 0.1) is 10.9 Å². The minimum atomic E-state index is -0.875. The van der Waals surface area contributed by atoms with Crippen molar-refractivity contribution < 1.29 is 19.4 Å². The average molecular weight is 332 g/mol. The lowest BCUT2D eigenvalue weighted by atomic mass is 9.99. The van der Waals surface area contributed by atoms with E-state index >= 15 is 0 Å². The molecule has 0 unspecified atom stereocenters. The monoisotopic (exact) mass is 331 g/mol. The largest absolute Gasteiger partial charge is 0.482 e. The molecule has 2 atom stereocenters. The molecule has 1 amide bonds. The van der Waals surface area contributed by atoms with Crippen molar-refractivity contribution in [3.63, 3.8) is 0 Å². The minimum absolute atomic E-state index is 0.0643. The third-order valence-corrected chi connectivity index (χ3v) is 4.06. The van der Waals surface area contributed by atoms with Crippen molar-refractivity contribution >= 4 is 35.1 Å². The molecule has 2 rings (SSSR count). The summed E-state index contributed by atoms with van der Waals surface area (Å²) >= 11 is 11.7. The SMILES string of the molecule is C[C@@H]1CN(C(=O)COc2ccc(Cl)cc2Cl)C[C@H]1C(=O)O. The summed E-state index contributed by atoms with van der Waals surface area (Å²) in [6.45, 7) is 2.28. The highest BCUT2D eigenvalue weighted by Gasteiger charge is 2.36. The molecule has 0 saturated carbocycles. The Morgan fingerprint density at radius 3 is 2.67 bits per heavy atom. The average Bonchev–Trinajstić information content (AvgIpc) is 2.80. The number of hydrogen-bond acceptors (Lipinski definition) is 3. The van der Waals surface area contributed by atoms with Crippen LogP contribution in [0, 0.1) is 11.8 Å². The second-order valence-electron chi connectivity index (χ2n) is 5.08. The van der Waals surface area contributed by atoms with Gasteiger partial charge in [0.1, 0.15) is 5.75 Å². The molecule has 0 bridgehead atoms. The Morgan fingerprint density at radius 2 is 2.10 bits per heavy atom. The van der Waals surface area contributed by atoms with E-state index in [1.165, 1.54) is 11.0 Å². The lowest BCUT2D eigenvalue weighted by Crippen LogP contribution is -2.33. The van der Waals surface area contributed by atoms with Gasteiger partial charge < -0.3 is 14.7 Å². The molecule has 5 nitrogen and oxygen atoms in total. The second kappa shape index (κ2) is 6.54. The summed E-state index contributed by atoms with van der Waals surface area (Å²) in [7, 11) is 0. The number of benzene rings is 1. The summed E-state index contributed by atoms with van der Waals surface area (Å²) < 4.78 is 5.37. The number of halogens is 2. The van der Waals surface area contributed by atoms with Crippen molar-refractivity contribution in [2.24, 2.45) is 11.8 Å². The van der Waals surface area contributed by atoms with Crippen LogP contribution in [0.25, 0.3) is 0 Å². The number of amides is 1. The molecule has 1 N–H and O–H groups in total. The zero-order valence-electron chi connectivity index (χ0n) is 11.4. The number of rotatable bonds is 4. The first-order chi connectivity index (χ1) is 9.88. The fourth-order valence-electron chi connectivity index (χ4n) is 2.31. The van der Waals surface area contributed by atoms with E-state index in [1.54, 1.807) is 12.1 Å². The van der Waals surface area contributed by atoms with E-state index in [1.807, 2.05) is 6.92 Å². The van der Waals surface area contributed by atoms with Gasteiger partial charge >= 0.3 is 5.97 Å². The molecule has 0 aliphatic carbocycles. The molecule has 0 radical (unpaired) electrons. The van der Waals surface area contributed by atoms with Gasteiger partial charge in [0, 0.05) is 18.1 Å². The Morgan fingerprint density at radius 1 is 1.38 bits per heavy atom. The number of carbonyl (C=O) groups excluding carboxylic acids is 1. The van der Waals surface area contributed by atoms with Gasteiger partial charge in [-0.05, 0) is 24.1 Å². The van der Waals surface area contributed by atoms with E-state index in [2.05, 4.69) is 0 Å². The van der Waals surface area contributed by atoms with Crippen LogP contribution in [0.15, 0.2) is 18.2 Å². The summed E-state index contributed by atoms with van der Waals surface area (Å²) in [6, 6.07) is 4.73. The quantitative estimate of drug-likeness (QED) is 0.920. The molecule has 1 aromatic rings. The molecule has 1 aliphatic heterocycles. The van der Waals surface area contributed by atoms with Gasteiger partial charge in [0.15, 0.2) is 6.61 Å². The van der Waals surface area contributed by atoms with Crippen molar-refractivity contribution in [1.29, 1.82) is 0 Å². The Labute approximate surface area is 132 Å². The highest BCUT2D eigenvalue weighted by molar-refractivity contribution is 6.35. The van der Waals surface area contributed by atoms with E-state index < -0.39 is 11.9 Å². The molecule has 1 aliphatic rings. The third kappa shape index (κ3) is 3.80. The van der Waals surface area contributed by atoms with E-state index in [0.717, 1.165) is 0 Å². The van der Waals surface area contributed by atoms with Gasteiger partial charge in [-0.1, -0.05) is 30.1 Å². The molecule has 0 aromatic heterocycles. The van der Waals surface area contributed by atoms with E-state index in [0.29, 0.717) is 22.3 Å². The van der Waals surface area contributed by atoms with Crippen molar-refractivity contribution in [3.8, 4) is 5.75 Å². The summed E-state index contributed by atoms with van der Waals surface area (Å²) in [5.74, 6) is -1.34. The van der Waals surface area contributed by atoms with Crippen LogP contribution in [0.2, 0.25) is 10.0 Å². The number of carbonyl (C=O) groups is 2. The van der Waals surface area contributed by atoms with Gasteiger partial charge in [-0.25, -0.2) is 0 Å². The first-order valence-corrected chi connectivity index (χ1v) is 7.22. The zero-order chi connectivity index (χ0) is 15.6. The van der Waals surface area contributed by atoms with Crippen molar-refractivity contribution in [2.45, 2.75) is 6.92 Å². The molecular formula is C14H15Cl2NO4. The number of likely N-dealkylation sites (tertiary alicyclic amines) is 1. The molecule has 1 aromatic carbocycles. The fourth-order valence-corrected chi connectivity index (χ4v) is 2.78. The molecular weight excluding hydrogens is 317 g/mol. The Hall–Kier alpha value is -1.46. The van der Waals surface area contributed by atoms with Gasteiger partial charge in [-0.2, -0.15) is 0 Å². The minimum Gasteiger partial charge on any atom is -0.482 e. The lowest BCUT2D eigenvalue weighted by molar-refractivity contribution is -0.142. The van der Waals surface area contributed by atoms with Crippen LogP contribution < -0.4 is 4.74 Å². The van der Waals surface area contributed by atoms with Gasteiger partial charge in [-0.15, -0.1) is 0 Å². The second-order valence-corrected chi connectivity index (χ2v) is 5.93. The van der Waals surface area contributed by atoms with Crippen LogP contribution in [-0.2, 0) is 9.59 Å². The third-order valence-electron chi connectivity index (χ3n) is 3.53. The number of aliphatic carboxylic acids is 1. The predicted octanol–water partition coefficient (Wildman–Crippen LogP) is 2.55. The number of hydrogen-bond donors (Lipinski definition) is 1. The molecule has 1 fully saturated rings.